The molecule has 2 rings (SSSR count). The van der Waals surface area contributed by atoms with Crippen LogP contribution < -0.4 is 4.90 Å². The van der Waals surface area contributed by atoms with Crippen molar-refractivity contribution in [2.75, 3.05) is 31.1 Å². The molecule has 0 aromatic heterocycles. The number of carbonyl (C=O) groups excluding carboxylic acids is 1. The minimum Gasteiger partial charge on any atom is -0.444 e. The van der Waals surface area contributed by atoms with Crippen molar-refractivity contribution in [1.29, 1.82) is 0 Å². The Kier molecular flexibility index (Phi) is 5.84. The Labute approximate surface area is 153 Å². The number of ether oxygens (including phenoxy) is 1. The summed E-state index contributed by atoms with van der Waals surface area (Å²) < 4.78 is 5.44. The molecule has 0 unspecified atom stereocenters. The van der Waals surface area contributed by atoms with Gasteiger partial charge in [-0.2, -0.15) is 0 Å². The van der Waals surface area contributed by atoms with E-state index in [1.54, 1.807) is 4.90 Å². The number of hydrogen-bond donors (Lipinski definition) is 0. The van der Waals surface area contributed by atoms with Crippen molar-refractivity contribution in [2.24, 2.45) is 0 Å². The number of rotatable bonds is 1. The molecule has 1 aromatic rings. The highest BCUT2D eigenvalue weighted by Crippen LogP contribution is 2.18. The SMILES string of the molecule is CC(C)(C)OC(=O)N1CCN(c2ccc(C#C[Si](C)(C)C)cc2)CC1. The Hall–Kier alpha value is -1.93. The molecule has 0 aliphatic carbocycles. The van der Waals surface area contributed by atoms with E-state index in [-0.39, 0.29) is 6.09 Å². The maximum absolute atomic E-state index is 12.1. The lowest BCUT2D eigenvalue weighted by Gasteiger charge is -2.36. The largest absolute Gasteiger partial charge is 0.444 e. The van der Waals surface area contributed by atoms with Gasteiger partial charge in [-0.1, -0.05) is 25.6 Å². The van der Waals surface area contributed by atoms with E-state index >= 15 is 0 Å². The van der Waals surface area contributed by atoms with Gasteiger partial charge in [-0.3, -0.25) is 0 Å². The molecule has 5 heteroatoms. The smallest absolute Gasteiger partial charge is 0.410 e. The summed E-state index contributed by atoms with van der Waals surface area (Å²) in [5.74, 6) is 3.28. The number of amides is 1. The Morgan fingerprint density at radius 3 is 2.08 bits per heavy atom. The van der Waals surface area contributed by atoms with Crippen LogP contribution in [0.2, 0.25) is 19.6 Å². The van der Waals surface area contributed by atoms with Crippen LogP contribution in [0.15, 0.2) is 24.3 Å². The van der Waals surface area contributed by atoms with Crippen LogP contribution in [0, 0.1) is 11.5 Å². The lowest BCUT2D eigenvalue weighted by molar-refractivity contribution is 0.0240. The summed E-state index contributed by atoms with van der Waals surface area (Å²) in [6.07, 6.45) is -0.218. The lowest BCUT2D eigenvalue weighted by atomic mass is 10.2. The van der Waals surface area contributed by atoms with Gasteiger partial charge in [0.25, 0.3) is 0 Å². The molecule has 1 heterocycles. The van der Waals surface area contributed by atoms with Crippen LogP contribution in [0.1, 0.15) is 26.3 Å². The maximum atomic E-state index is 12.1. The van der Waals surface area contributed by atoms with Crippen molar-refractivity contribution in [3.05, 3.63) is 29.8 Å². The molecule has 4 nitrogen and oxygen atoms in total. The third-order valence-corrected chi connectivity index (χ3v) is 4.62. The highest BCUT2D eigenvalue weighted by molar-refractivity contribution is 6.83. The first kappa shape index (κ1) is 19.4. The van der Waals surface area contributed by atoms with Crippen molar-refractivity contribution in [1.82, 2.24) is 4.90 Å². The molecule has 0 bridgehead atoms. The summed E-state index contributed by atoms with van der Waals surface area (Å²) in [5, 5.41) is 0. The van der Waals surface area contributed by atoms with Crippen molar-refractivity contribution >= 4 is 19.9 Å². The van der Waals surface area contributed by atoms with E-state index in [0.717, 1.165) is 18.7 Å². The Morgan fingerprint density at radius 1 is 1.04 bits per heavy atom. The van der Waals surface area contributed by atoms with Gasteiger partial charge in [0, 0.05) is 37.4 Å². The van der Waals surface area contributed by atoms with E-state index in [1.165, 1.54) is 5.69 Å². The zero-order valence-corrected chi connectivity index (χ0v) is 17.3. The van der Waals surface area contributed by atoms with E-state index < -0.39 is 13.7 Å². The molecule has 136 valence electrons. The fourth-order valence-electron chi connectivity index (χ4n) is 2.49. The minimum absolute atomic E-state index is 0.218. The third-order valence-electron chi connectivity index (χ3n) is 3.75. The van der Waals surface area contributed by atoms with Crippen LogP contribution in [0.5, 0.6) is 0 Å². The third kappa shape index (κ3) is 6.47. The summed E-state index contributed by atoms with van der Waals surface area (Å²) in [4.78, 5) is 16.2. The van der Waals surface area contributed by atoms with Gasteiger partial charge >= 0.3 is 6.09 Å². The summed E-state index contributed by atoms with van der Waals surface area (Å²) in [7, 11) is -1.34. The van der Waals surface area contributed by atoms with E-state index in [4.69, 9.17) is 4.74 Å². The first-order valence-corrected chi connectivity index (χ1v) is 12.4. The number of nitrogens with zero attached hydrogens (tertiary/aromatic N) is 2. The molecular weight excluding hydrogens is 328 g/mol. The minimum atomic E-state index is -1.34. The van der Waals surface area contributed by atoms with Crippen LogP contribution in [-0.2, 0) is 4.74 Å². The standard InChI is InChI=1S/C20H30N2O2Si/c1-20(2,3)24-19(23)22-14-12-21(13-15-22)18-9-7-17(8-10-18)11-16-25(4,5)6/h7-10H,12-15H2,1-6H3. The molecule has 1 aromatic carbocycles. The van der Waals surface area contributed by atoms with E-state index in [1.807, 2.05) is 20.8 Å². The first-order chi connectivity index (χ1) is 11.5. The van der Waals surface area contributed by atoms with Gasteiger partial charge in [-0.25, -0.2) is 4.79 Å². The number of benzene rings is 1. The molecule has 25 heavy (non-hydrogen) atoms. The van der Waals surface area contributed by atoms with Gasteiger partial charge in [0.1, 0.15) is 13.7 Å². The Morgan fingerprint density at radius 2 is 1.60 bits per heavy atom. The van der Waals surface area contributed by atoms with Crippen LogP contribution >= 0.6 is 0 Å². The van der Waals surface area contributed by atoms with Crippen molar-refractivity contribution in [3.63, 3.8) is 0 Å². The van der Waals surface area contributed by atoms with Gasteiger partial charge in [0.15, 0.2) is 0 Å². The molecule has 1 fully saturated rings. The van der Waals surface area contributed by atoms with Crippen molar-refractivity contribution < 1.29 is 9.53 Å². The number of hydrogen-bond acceptors (Lipinski definition) is 3. The quantitative estimate of drug-likeness (QED) is 0.562. The van der Waals surface area contributed by atoms with Gasteiger partial charge in [-0.15, -0.1) is 5.54 Å². The second-order valence-corrected chi connectivity index (χ2v) is 13.3. The zero-order chi connectivity index (χ0) is 18.7. The molecule has 0 spiro atoms. The normalized spacial score (nSPS) is 15.4. The second kappa shape index (κ2) is 7.53. The molecule has 1 saturated heterocycles. The van der Waals surface area contributed by atoms with E-state index in [0.29, 0.717) is 13.1 Å². The lowest BCUT2D eigenvalue weighted by Crippen LogP contribution is -2.50. The molecule has 0 atom stereocenters. The molecule has 1 aliphatic rings. The van der Waals surface area contributed by atoms with E-state index in [2.05, 4.69) is 60.3 Å². The highest BCUT2D eigenvalue weighted by atomic mass is 28.3. The fraction of sp³-hybridized carbons (Fsp3) is 0.550. The predicted octanol–water partition coefficient (Wildman–Crippen LogP) is 3.97. The van der Waals surface area contributed by atoms with Gasteiger partial charge < -0.3 is 14.5 Å². The molecule has 0 N–H and O–H groups in total. The summed E-state index contributed by atoms with van der Waals surface area (Å²) in [6.45, 7) is 15.4. The number of carbonyl (C=O) groups is 1. The average Bonchev–Trinajstić information content (AvgIpc) is 2.51. The zero-order valence-electron chi connectivity index (χ0n) is 16.3. The van der Waals surface area contributed by atoms with Crippen LogP contribution in [0.25, 0.3) is 0 Å². The molecular formula is C20H30N2O2Si. The summed E-state index contributed by atoms with van der Waals surface area (Å²) in [6, 6.07) is 8.42. The monoisotopic (exact) mass is 358 g/mol. The van der Waals surface area contributed by atoms with Crippen LogP contribution in [-0.4, -0.2) is 50.8 Å². The van der Waals surface area contributed by atoms with Crippen LogP contribution in [0.4, 0.5) is 10.5 Å². The topological polar surface area (TPSA) is 32.8 Å². The van der Waals surface area contributed by atoms with Gasteiger partial charge in [-0.05, 0) is 45.0 Å². The van der Waals surface area contributed by atoms with E-state index in [9.17, 15) is 4.79 Å². The second-order valence-electron chi connectivity index (χ2n) is 8.50. The average molecular weight is 359 g/mol. The predicted molar refractivity (Wildman–Crippen MR) is 107 cm³/mol. The first-order valence-electron chi connectivity index (χ1n) is 8.90. The van der Waals surface area contributed by atoms with Gasteiger partial charge in [0.2, 0.25) is 0 Å². The Balaban J connectivity index is 1.92. The molecule has 1 amide bonds. The van der Waals surface area contributed by atoms with Crippen molar-refractivity contribution in [2.45, 2.75) is 46.0 Å². The molecule has 0 radical (unpaired) electrons. The van der Waals surface area contributed by atoms with Crippen LogP contribution in [0.3, 0.4) is 0 Å². The summed E-state index contributed by atoms with van der Waals surface area (Å²) in [5.41, 5.74) is 5.20. The van der Waals surface area contributed by atoms with Crippen molar-refractivity contribution in [3.8, 4) is 11.5 Å². The number of anilines is 1. The Bertz CT molecular complexity index is 652. The highest BCUT2D eigenvalue weighted by Gasteiger charge is 2.25. The van der Waals surface area contributed by atoms with Gasteiger partial charge in [0.05, 0.1) is 0 Å². The fourth-order valence-corrected chi connectivity index (χ4v) is 3.01. The summed E-state index contributed by atoms with van der Waals surface area (Å²) >= 11 is 0. The molecule has 0 saturated carbocycles. The number of piperazine rings is 1. The molecule has 1 aliphatic heterocycles. The maximum Gasteiger partial charge on any atom is 0.410 e.